The van der Waals surface area contributed by atoms with Crippen LogP contribution in [-0.2, 0) is 25.3 Å². The molecule has 3 saturated heterocycles. The van der Waals surface area contributed by atoms with Crippen molar-refractivity contribution >= 4 is 23.9 Å². The van der Waals surface area contributed by atoms with Crippen LogP contribution in [0.5, 0.6) is 0 Å². The van der Waals surface area contributed by atoms with Gasteiger partial charge in [0.2, 0.25) is 11.8 Å². The molecule has 11 heteroatoms. The molecule has 0 aromatic heterocycles. The van der Waals surface area contributed by atoms with Crippen molar-refractivity contribution < 1.29 is 18.9 Å². The van der Waals surface area contributed by atoms with E-state index in [4.69, 9.17) is 15.1 Å². The first-order valence-electron chi connectivity index (χ1n) is 11.8. The minimum Gasteiger partial charge on any atom is -0.330 e. The normalized spacial score (nSPS) is 29.0. The third kappa shape index (κ3) is 4.19. The summed E-state index contributed by atoms with van der Waals surface area (Å²) in [5.41, 5.74) is 11.2. The van der Waals surface area contributed by atoms with E-state index in [1.165, 1.54) is 11.1 Å². The molecule has 5 rings (SSSR count). The fraction of sp³-hybridized carbons (Fsp3) is 0.609. The average Bonchev–Trinajstić information content (AvgIpc) is 3.61. The van der Waals surface area contributed by atoms with Gasteiger partial charge in [-0.15, -0.1) is 9.32 Å². The number of carbonyl (C=O) groups excluding carboxylic acids is 2. The molecule has 3 N–H and O–H groups in total. The summed E-state index contributed by atoms with van der Waals surface area (Å²) in [6.07, 6.45) is 4.14. The number of hydrogen-bond donors (Lipinski definition) is 2. The highest BCUT2D eigenvalue weighted by molar-refractivity contribution is 7.94. The highest BCUT2D eigenvalue weighted by atomic mass is 32.2. The number of hydroxylamine groups is 1. The van der Waals surface area contributed by atoms with E-state index >= 15 is 0 Å². The van der Waals surface area contributed by atoms with Gasteiger partial charge in [-0.1, -0.05) is 6.07 Å². The smallest absolute Gasteiger partial charge is 0.241 e. The van der Waals surface area contributed by atoms with Crippen molar-refractivity contribution in [3.63, 3.8) is 0 Å². The SMILES string of the molecule is CNOOSc1ccc2c(c1)CC[C@@H]2N1C(=O)[C@@H]2CC1CN2C[C@H](N)C(=O)N1CCC[C@H]1C#N. The molecule has 1 aromatic rings. The number of likely N-dealkylation sites (tertiary alicyclic amines) is 3. The van der Waals surface area contributed by atoms with Gasteiger partial charge in [0.25, 0.3) is 0 Å². The standard InChI is InChI=1S/C23H30N6O4S/c1-26-32-33-34-17-5-6-18-14(9-17)4-7-20(18)29-16-10-21(23(29)31)27(12-16)13-19(25)22(30)28-8-2-3-15(28)11-24/h5-6,9,15-16,19-21,26H,2-4,7-8,10,12-13,25H2,1H3/t15-,16?,19-,20-,21-/m0/s1. The Morgan fingerprint density at radius 1 is 1.38 bits per heavy atom. The molecule has 3 aliphatic heterocycles. The molecule has 1 aliphatic carbocycles. The molecule has 5 atom stereocenters. The summed E-state index contributed by atoms with van der Waals surface area (Å²) in [7, 11) is 1.62. The summed E-state index contributed by atoms with van der Waals surface area (Å²) < 4.78 is 5.00. The first-order chi connectivity index (χ1) is 16.5. The summed E-state index contributed by atoms with van der Waals surface area (Å²) in [5, 5.41) is 9.28. The van der Waals surface area contributed by atoms with Crippen molar-refractivity contribution in [2.45, 2.75) is 67.2 Å². The van der Waals surface area contributed by atoms with E-state index in [0.29, 0.717) is 19.5 Å². The van der Waals surface area contributed by atoms with Gasteiger partial charge >= 0.3 is 0 Å². The van der Waals surface area contributed by atoms with Crippen molar-refractivity contribution in [2.24, 2.45) is 5.73 Å². The fourth-order valence-corrected chi connectivity index (χ4v) is 6.51. The Kier molecular flexibility index (Phi) is 6.79. The highest BCUT2D eigenvalue weighted by Crippen LogP contribution is 2.44. The molecule has 1 unspecified atom stereocenters. The van der Waals surface area contributed by atoms with Crippen LogP contribution in [0.4, 0.5) is 0 Å². The Balaban J connectivity index is 1.21. The second-order valence-corrected chi connectivity index (χ2v) is 10.2. The maximum atomic E-state index is 13.4. The molecular formula is C23H30N6O4S. The number of fused-ring (bicyclic) bond motifs is 3. The maximum absolute atomic E-state index is 13.4. The van der Waals surface area contributed by atoms with E-state index in [1.54, 1.807) is 11.9 Å². The van der Waals surface area contributed by atoms with Gasteiger partial charge in [0.05, 0.1) is 36.2 Å². The number of benzene rings is 1. The Morgan fingerprint density at radius 2 is 2.24 bits per heavy atom. The third-order valence-electron chi connectivity index (χ3n) is 7.49. The summed E-state index contributed by atoms with van der Waals surface area (Å²) in [6, 6.07) is 7.28. The van der Waals surface area contributed by atoms with E-state index in [-0.39, 0.29) is 36.0 Å². The minimum absolute atomic E-state index is 0.0875. The maximum Gasteiger partial charge on any atom is 0.241 e. The van der Waals surface area contributed by atoms with Crippen LogP contribution in [0.25, 0.3) is 0 Å². The van der Waals surface area contributed by atoms with Crippen LogP contribution in [-0.4, -0.2) is 77.4 Å². The number of amides is 2. The van der Waals surface area contributed by atoms with Crippen molar-refractivity contribution in [1.29, 1.82) is 5.26 Å². The fourth-order valence-electron chi connectivity index (χ4n) is 6.01. The average molecular weight is 487 g/mol. The summed E-state index contributed by atoms with van der Waals surface area (Å²) in [4.78, 5) is 37.6. The van der Waals surface area contributed by atoms with E-state index in [1.807, 2.05) is 6.07 Å². The largest absolute Gasteiger partial charge is 0.330 e. The predicted molar refractivity (Wildman–Crippen MR) is 124 cm³/mol. The Morgan fingerprint density at radius 3 is 3.00 bits per heavy atom. The summed E-state index contributed by atoms with van der Waals surface area (Å²) in [5.74, 6) is -0.0485. The van der Waals surface area contributed by atoms with Gasteiger partial charge < -0.3 is 15.5 Å². The molecule has 4 aliphatic rings. The van der Waals surface area contributed by atoms with Gasteiger partial charge in [-0.3, -0.25) is 14.5 Å². The lowest BCUT2D eigenvalue weighted by Crippen LogP contribution is -2.56. The number of rotatable bonds is 8. The van der Waals surface area contributed by atoms with Crippen molar-refractivity contribution in [2.75, 3.05) is 26.7 Å². The molecule has 182 valence electrons. The zero-order valence-corrected chi connectivity index (χ0v) is 20.0. The molecule has 0 spiro atoms. The van der Waals surface area contributed by atoms with Crippen molar-refractivity contribution in [3.8, 4) is 6.07 Å². The van der Waals surface area contributed by atoms with Gasteiger partial charge in [0.15, 0.2) is 0 Å². The first-order valence-corrected chi connectivity index (χ1v) is 12.6. The predicted octanol–water partition coefficient (Wildman–Crippen LogP) is 0.891. The van der Waals surface area contributed by atoms with Gasteiger partial charge in [-0.05, 0) is 55.4 Å². The van der Waals surface area contributed by atoms with E-state index in [9.17, 15) is 14.9 Å². The number of nitrogens with two attached hydrogens (primary N) is 1. The number of nitrogens with one attached hydrogen (secondary N) is 1. The minimum atomic E-state index is -0.716. The molecule has 0 saturated carbocycles. The van der Waals surface area contributed by atoms with Crippen LogP contribution < -0.4 is 11.2 Å². The molecule has 0 radical (unpaired) electrons. The van der Waals surface area contributed by atoms with Crippen molar-refractivity contribution in [3.05, 3.63) is 29.3 Å². The van der Waals surface area contributed by atoms with E-state index < -0.39 is 6.04 Å². The van der Waals surface area contributed by atoms with Gasteiger partial charge in [-0.25, -0.2) is 0 Å². The van der Waals surface area contributed by atoms with Crippen LogP contribution in [0, 0.1) is 11.3 Å². The summed E-state index contributed by atoms with van der Waals surface area (Å²) >= 11 is 1.14. The zero-order valence-electron chi connectivity index (χ0n) is 19.2. The van der Waals surface area contributed by atoms with Gasteiger partial charge in [0.1, 0.15) is 6.04 Å². The third-order valence-corrected chi connectivity index (χ3v) is 8.07. The summed E-state index contributed by atoms with van der Waals surface area (Å²) in [6.45, 7) is 1.66. The number of nitriles is 1. The van der Waals surface area contributed by atoms with Gasteiger partial charge in [-0.2, -0.15) is 10.7 Å². The highest BCUT2D eigenvalue weighted by Gasteiger charge is 2.53. The molecule has 34 heavy (non-hydrogen) atoms. The van der Waals surface area contributed by atoms with E-state index in [0.717, 1.165) is 49.2 Å². The lowest BCUT2D eigenvalue weighted by atomic mass is 10.1. The van der Waals surface area contributed by atoms with Crippen LogP contribution >= 0.6 is 12.0 Å². The topological polar surface area (TPSA) is 124 Å². The number of hydrogen-bond acceptors (Lipinski definition) is 9. The number of carbonyl (C=O) groups is 2. The lowest BCUT2D eigenvalue weighted by Gasteiger charge is -2.38. The number of piperazine rings is 1. The van der Waals surface area contributed by atoms with Crippen LogP contribution in [0.1, 0.15) is 42.9 Å². The Hall–Kier alpha value is -2.20. The van der Waals surface area contributed by atoms with Gasteiger partial charge in [0, 0.05) is 37.6 Å². The molecule has 10 nitrogen and oxygen atoms in total. The zero-order chi connectivity index (χ0) is 23.8. The van der Waals surface area contributed by atoms with Crippen LogP contribution in [0.3, 0.4) is 0 Å². The van der Waals surface area contributed by atoms with Crippen molar-refractivity contribution in [1.82, 2.24) is 20.2 Å². The Bertz CT molecular complexity index is 1000. The first kappa shape index (κ1) is 23.5. The monoisotopic (exact) mass is 486 g/mol. The van der Waals surface area contributed by atoms with E-state index in [2.05, 4.69) is 33.5 Å². The van der Waals surface area contributed by atoms with Crippen LogP contribution in [0.15, 0.2) is 23.1 Å². The second kappa shape index (κ2) is 9.81. The molecule has 2 amide bonds. The van der Waals surface area contributed by atoms with Crippen LogP contribution in [0.2, 0.25) is 0 Å². The molecule has 3 fully saturated rings. The lowest BCUT2D eigenvalue weighted by molar-refractivity contribution is -0.237. The Labute approximate surface area is 203 Å². The molecule has 3 heterocycles. The molecule has 2 bridgehead atoms. The molecule has 1 aromatic carbocycles. The second-order valence-electron chi connectivity index (χ2n) is 9.38. The number of nitrogens with zero attached hydrogens (tertiary/aromatic N) is 4. The quantitative estimate of drug-likeness (QED) is 0.239. The number of aryl methyl sites for hydroxylation is 1. The molecular weight excluding hydrogens is 456 g/mol.